The maximum Gasteiger partial charge on any atom is 0.393 e. The monoisotopic (exact) mass is 1390 g/mol. The van der Waals surface area contributed by atoms with E-state index in [2.05, 4.69) is 42.0 Å². The quantitative estimate of drug-likeness (QED) is 0.195. The Morgan fingerprint density at radius 1 is 0.598 bits per heavy atom. The van der Waals surface area contributed by atoms with Crippen LogP contribution in [0.25, 0.3) is 0 Å². The van der Waals surface area contributed by atoms with Crippen molar-refractivity contribution in [3.63, 3.8) is 0 Å². The van der Waals surface area contributed by atoms with E-state index in [1.54, 1.807) is 25.7 Å². The number of likely N-dealkylation sites (tertiary alicyclic amines) is 1. The predicted octanol–water partition coefficient (Wildman–Crippen LogP) is 5.18. The van der Waals surface area contributed by atoms with Gasteiger partial charge in [-0.25, -0.2) is 0 Å². The maximum atomic E-state index is 14.9. The van der Waals surface area contributed by atoms with Crippen molar-refractivity contribution in [1.29, 1.82) is 0 Å². The van der Waals surface area contributed by atoms with Crippen LogP contribution in [0.5, 0.6) is 0 Å². The van der Waals surface area contributed by atoms with Gasteiger partial charge in [0.05, 0.1) is 38.5 Å². The van der Waals surface area contributed by atoms with Gasteiger partial charge in [0.1, 0.15) is 42.3 Å². The normalized spacial score (nSPS) is 28.6. The number of amides is 12. The zero-order chi connectivity index (χ0) is 72.7. The molecule has 550 valence electrons. The number of halogens is 4. The second-order valence-electron chi connectivity index (χ2n) is 30.3. The number of nitrogens with one attached hydrogen (secondary N) is 4. The van der Waals surface area contributed by atoms with Gasteiger partial charge in [0.2, 0.25) is 70.9 Å². The minimum absolute atomic E-state index is 0.00487. The number of hydrogen-bond donors (Lipinski definition) is 4. The zero-order valence-electron chi connectivity index (χ0n) is 60.3. The molecule has 2 saturated carbocycles. The molecule has 3 unspecified atom stereocenters. The van der Waals surface area contributed by atoms with Crippen LogP contribution in [0.3, 0.4) is 0 Å². The highest BCUT2D eigenvalue weighted by Crippen LogP contribution is 2.44. The summed E-state index contributed by atoms with van der Waals surface area (Å²) in [6.45, 7) is 15.5. The molecule has 2 aliphatic carbocycles. The molecule has 5 aliphatic rings. The Bertz CT molecular complexity index is 2780. The first kappa shape index (κ1) is 81.4. The Morgan fingerprint density at radius 3 is 1.78 bits per heavy atom. The molecule has 11 atom stereocenters. The highest BCUT2D eigenvalue weighted by molar-refractivity contribution is 6.20. The van der Waals surface area contributed by atoms with Gasteiger partial charge < -0.3 is 60.5 Å². The summed E-state index contributed by atoms with van der Waals surface area (Å²) in [5.41, 5.74) is -0.0558. The number of alkyl halides is 4. The maximum absolute atomic E-state index is 14.9. The van der Waals surface area contributed by atoms with E-state index in [0.717, 1.165) is 51.7 Å². The standard InChI is InChI=1S/C69H114ClF3N12O12/c1-16-43(6)59-67(97)80(12)39-57(89)78(10)40-58(90)82(14)53(35-44-21-18-17-19-22-44)66(96)79(11)38-54(86)75-49(27-25-45-24-26-47(48(70)34-45)69(71,72)73)65(95)85-30-20-23-51(85)61(91)74-37-56(88)83(15)60(42(4)5)63(93)76-50(64(94)84-31-28-46(29-32-84)68(7,8)9)36-55(87)81(13)52(33-41(2)3)62(92)77-59/h41-53,59-60H,16-40H2,1-15H3,(H,74,91)(H,75,86)(H,76,93)(H,77,92)/t43-,45?,47?,48?,49-,50-,51-,52-,53-,59-,60-/m0/s1. The fraction of sp³-hybridized carbons (Fsp3) is 0.826. The Kier molecular flexibility index (Phi) is 30.4. The highest BCUT2D eigenvalue weighted by Gasteiger charge is 2.48. The lowest BCUT2D eigenvalue weighted by Crippen LogP contribution is -2.60. The van der Waals surface area contributed by atoms with Crippen LogP contribution >= 0.6 is 11.6 Å². The average Bonchev–Trinajstić information content (AvgIpc) is 2.04. The van der Waals surface area contributed by atoms with Crippen LogP contribution in [-0.4, -0.2) is 252 Å². The van der Waals surface area contributed by atoms with Crippen LogP contribution < -0.4 is 21.3 Å². The number of carbonyl (C=O) groups is 12. The number of fused-ring (bicyclic) bond motifs is 1. The van der Waals surface area contributed by atoms with Crippen molar-refractivity contribution in [2.45, 2.75) is 232 Å². The van der Waals surface area contributed by atoms with Gasteiger partial charge in [-0.2, -0.15) is 13.2 Å². The third-order valence-electron chi connectivity index (χ3n) is 21.2. The number of nitrogens with zero attached hydrogens (tertiary/aromatic N) is 8. The third-order valence-corrected chi connectivity index (χ3v) is 21.6. The Hall–Kier alpha value is -6.28. The van der Waals surface area contributed by atoms with Gasteiger partial charge in [-0.15, -0.1) is 11.6 Å². The summed E-state index contributed by atoms with van der Waals surface area (Å²) in [5, 5.41) is 9.87. The lowest BCUT2D eigenvalue weighted by atomic mass is 9.75. The molecule has 0 aromatic heterocycles. The minimum atomic E-state index is -4.51. The average molecular weight is 1400 g/mol. The SMILES string of the molecule is CC[C@H](C)[C@@H]1NC(=O)[C@H](CC(C)C)N(C)C(=O)C[C@@H](C(=O)N2CCC(C(C)(C)C)CC2)NC(=O)[C@H](C(C)C)N(C)C(=O)CNC(=O)[C@@H]2CCCN2C(=O)[C@H](CCC2CCC(C(F)(F)F)C(Cl)C2)NC(=O)CN(C)C(=O)[C@H](CC2CCCCC2)N(C)C(=O)CN(C)C(=O)CN(C)C1=O. The first-order chi connectivity index (χ1) is 45.3. The van der Waals surface area contributed by atoms with Crippen LogP contribution in [0, 0.1) is 46.8 Å². The van der Waals surface area contributed by atoms with Crippen LogP contribution in [0.2, 0.25) is 0 Å². The Balaban J connectivity index is 1.54. The topological polar surface area (TPSA) is 279 Å². The number of likely N-dealkylation sites (N-methyl/N-ethyl adjacent to an activating group) is 6. The molecule has 4 N–H and O–H groups in total. The fourth-order valence-electron chi connectivity index (χ4n) is 14.6. The fourth-order valence-corrected chi connectivity index (χ4v) is 15.1. The first-order valence-electron chi connectivity index (χ1n) is 35.3. The lowest BCUT2D eigenvalue weighted by Gasteiger charge is -2.40. The van der Waals surface area contributed by atoms with E-state index in [9.17, 15) is 70.7 Å². The molecule has 97 heavy (non-hydrogen) atoms. The zero-order valence-corrected chi connectivity index (χ0v) is 61.1. The van der Waals surface area contributed by atoms with Gasteiger partial charge in [0.25, 0.3) is 0 Å². The van der Waals surface area contributed by atoms with E-state index >= 15 is 0 Å². The molecular weight excluding hydrogens is 1280 g/mol. The molecule has 28 heteroatoms. The second kappa shape index (κ2) is 36.2. The molecule has 0 spiro atoms. The van der Waals surface area contributed by atoms with E-state index in [4.69, 9.17) is 11.6 Å². The predicted molar refractivity (Wildman–Crippen MR) is 360 cm³/mol. The van der Waals surface area contributed by atoms with Crippen molar-refractivity contribution >= 4 is 82.5 Å². The van der Waals surface area contributed by atoms with Crippen molar-refractivity contribution in [3.05, 3.63) is 0 Å². The molecule has 0 bridgehead atoms. The first-order valence-corrected chi connectivity index (χ1v) is 35.7. The van der Waals surface area contributed by atoms with Gasteiger partial charge in [0, 0.05) is 67.3 Å². The Morgan fingerprint density at radius 2 is 1.21 bits per heavy atom. The molecular formula is C69H114ClF3N12O12. The molecule has 3 aliphatic heterocycles. The smallest absolute Gasteiger partial charge is 0.345 e. The van der Waals surface area contributed by atoms with Crippen molar-refractivity contribution in [1.82, 2.24) is 60.5 Å². The number of carbonyl (C=O) groups excluding carboxylic acids is 12. The summed E-state index contributed by atoms with van der Waals surface area (Å²) in [4.78, 5) is 184. The molecule has 3 saturated heterocycles. The van der Waals surface area contributed by atoms with Gasteiger partial charge in [0.15, 0.2) is 0 Å². The van der Waals surface area contributed by atoms with Gasteiger partial charge in [-0.3, -0.25) is 57.5 Å². The molecule has 12 amide bonds. The summed E-state index contributed by atoms with van der Waals surface area (Å²) >= 11 is 6.34. The van der Waals surface area contributed by atoms with E-state index in [1.807, 2.05) is 20.8 Å². The summed E-state index contributed by atoms with van der Waals surface area (Å²) < 4.78 is 41.7. The molecule has 5 rings (SSSR count). The minimum Gasteiger partial charge on any atom is -0.345 e. The van der Waals surface area contributed by atoms with E-state index in [1.165, 1.54) is 57.0 Å². The molecule has 0 aromatic rings. The second-order valence-corrected chi connectivity index (χ2v) is 30.9. The largest absolute Gasteiger partial charge is 0.393 e. The molecule has 3 heterocycles. The lowest BCUT2D eigenvalue weighted by molar-refractivity contribution is -0.182. The van der Waals surface area contributed by atoms with E-state index in [-0.39, 0.29) is 87.0 Å². The van der Waals surface area contributed by atoms with Crippen molar-refractivity contribution in [3.8, 4) is 0 Å². The number of hydrogen-bond acceptors (Lipinski definition) is 12. The molecule has 0 aromatic carbocycles. The molecule has 24 nitrogen and oxygen atoms in total. The van der Waals surface area contributed by atoms with E-state index in [0.29, 0.717) is 38.8 Å². The summed E-state index contributed by atoms with van der Waals surface area (Å²) in [7, 11) is 8.37. The van der Waals surface area contributed by atoms with Crippen LogP contribution in [0.15, 0.2) is 0 Å². The summed E-state index contributed by atoms with van der Waals surface area (Å²) in [5.74, 6) is -11.1. The third kappa shape index (κ3) is 22.6. The van der Waals surface area contributed by atoms with Crippen molar-refractivity contribution < 1.29 is 70.7 Å². The van der Waals surface area contributed by atoms with Gasteiger partial charge in [-0.05, 0) is 112 Å². The van der Waals surface area contributed by atoms with Crippen LogP contribution in [0.1, 0.15) is 178 Å². The Labute approximate surface area is 578 Å². The molecule has 0 radical (unpaired) electrons. The number of piperidine rings is 1. The highest BCUT2D eigenvalue weighted by atomic mass is 35.5. The summed E-state index contributed by atoms with van der Waals surface area (Å²) in [6, 6.07) is -8.74. The van der Waals surface area contributed by atoms with E-state index < -0.39 is 175 Å². The van der Waals surface area contributed by atoms with Gasteiger partial charge >= 0.3 is 6.18 Å². The molecule has 5 fully saturated rings. The van der Waals surface area contributed by atoms with Crippen LogP contribution in [0.4, 0.5) is 13.2 Å². The number of rotatable bonds is 11. The summed E-state index contributed by atoms with van der Waals surface area (Å²) in [6.07, 6.45) is 1.84. The van der Waals surface area contributed by atoms with Crippen molar-refractivity contribution in [2.75, 3.05) is 88.1 Å². The van der Waals surface area contributed by atoms with Crippen molar-refractivity contribution in [2.24, 2.45) is 46.8 Å². The van der Waals surface area contributed by atoms with Gasteiger partial charge in [-0.1, -0.05) is 101 Å². The van der Waals surface area contributed by atoms with Crippen LogP contribution in [-0.2, 0) is 57.5 Å².